The Morgan fingerprint density at radius 1 is 0.630 bits per heavy atom. The van der Waals surface area contributed by atoms with E-state index in [9.17, 15) is 44.3 Å². The number of hydrogen-bond acceptors (Lipinski definition) is 2. The van der Waals surface area contributed by atoms with E-state index in [2.05, 4.69) is 4.98 Å². The number of nitrogens with one attached hydrogen (secondary N) is 1. The zero-order valence-electron chi connectivity index (χ0n) is 23.9. The van der Waals surface area contributed by atoms with Gasteiger partial charge in [-0.05, 0) is 95.1 Å². The van der Waals surface area contributed by atoms with Crippen molar-refractivity contribution in [3.63, 3.8) is 0 Å². The van der Waals surface area contributed by atoms with Crippen LogP contribution in [-0.4, -0.2) is 17.6 Å². The summed E-state index contributed by atoms with van der Waals surface area (Å²) < 4.78 is 126. The van der Waals surface area contributed by atoms with E-state index in [0.717, 1.165) is 36.4 Å². The number of carbonyl (C=O) groups is 1. The highest BCUT2D eigenvalue weighted by Gasteiger charge is 2.46. The average Bonchev–Trinajstić information content (AvgIpc) is 3.43. The second kappa shape index (κ2) is 11.1. The molecule has 0 radical (unpaired) electrons. The van der Waals surface area contributed by atoms with Gasteiger partial charge in [-0.25, -0.2) is 4.79 Å². The minimum Gasteiger partial charge on any atom is -0.461 e. The van der Waals surface area contributed by atoms with Gasteiger partial charge >= 0.3 is 24.5 Å². The molecular formula is C34H24F9NO2. The molecule has 46 heavy (non-hydrogen) atoms. The number of esters is 1. The van der Waals surface area contributed by atoms with Crippen molar-refractivity contribution in [2.45, 2.75) is 50.1 Å². The van der Waals surface area contributed by atoms with Crippen molar-refractivity contribution in [2.24, 2.45) is 0 Å². The number of allylic oxidation sites excluding steroid dienone is 2. The van der Waals surface area contributed by atoms with Crippen LogP contribution >= 0.6 is 0 Å². The van der Waals surface area contributed by atoms with E-state index in [0.29, 0.717) is 57.5 Å². The van der Waals surface area contributed by atoms with Crippen molar-refractivity contribution in [1.82, 2.24) is 4.98 Å². The zero-order chi connectivity index (χ0) is 33.2. The van der Waals surface area contributed by atoms with Gasteiger partial charge in [0.15, 0.2) is 0 Å². The third-order valence-corrected chi connectivity index (χ3v) is 8.53. The van der Waals surface area contributed by atoms with Crippen molar-refractivity contribution in [2.75, 3.05) is 6.61 Å². The highest BCUT2D eigenvalue weighted by molar-refractivity contribution is 6.04. The minimum absolute atomic E-state index is 0.0226. The van der Waals surface area contributed by atoms with Crippen molar-refractivity contribution >= 4 is 17.1 Å². The Kier molecular flexibility index (Phi) is 7.60. The van der Waals surface area contributed by atoms with E-state index in [-0.39, 0.29) is 12.3 Å². The van der Waals surface area contributed by atoms with Crippen LogP contribution in [-0.2, 0) is 23.3 Å². The Balaban J connectivity index is 1.59. The maximum absolute atomic E-state index is 13.4. The number of alkyl halides is 9. The number of rotatable bonds is 5. The van der Waals surface area contributed by atoms with E-state index < -0.39 is 53.0 Å². The Morgan fingerprint density at radius 3 is 1.37 bits per heavy atom. The van der Waals surface area contributed by atoms with E-state index in [1.165, 1.54) is 36.4 Å². The average molecular weight is 650 g/mol. The molecule has 1 heterocycles. The Bertz CT molecular complexity index is 1810. The molecule has 2 atom stereocenters. The molecule has 12 heteroatoms. The molecule has 1 N–H and O–H groups in total. The standard InChI is InChI=1S/C34H24F9NO2/c1-2-46-31(45)30-28-24-16-15-23(27(28)29(44-30)19-7-13-22(14-8-19)34(41,42)43)25(17-3-9-20(10-4-17)32(35,36)37)26(24)18-5-11-21(12-6-18)33(38,39)40/h3-14,23-24,44H,2,15-16H2,1H3. The Morgan fingerprint density at radius 2 is 1.00 bits per heavy atom. The molecule has 7 rings (SSSR count). The highest BCUT2D eigenvalue weighted by atomic mass is 19.4. The fourth-order valence-electron chi connectivity index (χ4n) is 6.64. The molecule has 3 aliphatic carbocycles. The summed E-state index contributed by atoms with van der Waals surface area (Å²) in [6.07, 6.45) is -12.9. The first-order chi connectivity index (χ1) is 21.6. The van der Waals surface area contributed by atoms with E-state index in [4.69, 9.17) is 4.74 Å². The summed E-state index contributed by atoms with van der Waals surface area (Å²) in [5.41, 5.74) is 1.15. The molecule has 0 aliphatic heterocycles. The molecular weight excluding hydrogens is 625 g/mol. The molecule has 4 aromatic rings. The first-order valence-electron chi connectivity index (χ1n) is 14.3. The van der Waals surface area contributed by atoms with Crippen LogP contribution < -0.4 is 0 Å². The molecule has 3 nitrogen and oxygen atoms in total. The summed E-state index contributed by atoms with van der Waals surface area (Å²) in [5, 5.41) is 0. The maximum Gasteiger partial charge on any atom is 0.416 e. The number of halogens is 9. The molecule has 2 unspecified atom stereocenters. The van der Waals surface area contributed by atoms with Gasteiger partial charge in [0.05, 0.1) is 29.0 Å². The summed E-state index contributed by atoms with van der Waals surface area (Å²) in [6, 6.07) is 13.3. The van der Waals surface area contributed by atoms with Crippen LogP contribution in [0.2, 0.25) is 0 Å². The van der Waals surface area contributed by atoms with Crippen LogP contribution in [0.4, 0.5) is 39.5 Å². The summed E-state index contributed by atoms with van der Waals surface area (Å²) in [5.74, 6) is -1.87. The molecule has 0 spiro atoms. The summed E-state index contributed by atoms with van der Waals surface area (Å²) in [4.78, 5) is 16.3. The van der Waals surface area contributed by atoms with E-state index >= 15 is 0 Å². The predicted octanol–water partition coefficient (Wildman–Crippen LogP) is 10.5. The minimum atomic E-state index is -4.60. The van der Waals surface area contributed by atoms with Gasteiger partial charge in [0.25, 0.3) is 0 Å². The monoisotopic (exact) mass is 649 g/mol. The smallest absolute Gasteiger partial charge is 0.416 e. The SMILES string of the molecule is CCOC(=O)c1[nH]c(-c2ccc(C(F)(F)F)cc2)c2c1C1CCC2C(c2ccc(C(F)(F)F)cc2)=C1c1ccc(C(F)(F)F)cc1. The number of hydrogen-bond donors (Lipinski definition) is 1. The molecule has 1 aromatic heterocycles. The van der Waals surface area contributed by atoms with Gasteiger partial charge in [-0.2, -0.15) is 39.5 Å². The van der Waals surface area contributed by atoms with Crippen LogP contribution in [0.3, 0.4) is 0 Å². The lowest BCUT2D eigenvalue weighted by Crippen LogP contribution is -2.25. The fourth-order valence-corrected chi connectivity index (χ4v) is 6.64. The number of aromatic nitrogens is 1. The topological polar surface area (TPSA) is 42.1 Å². The molecule has 2 bridgehead atoms. The second-order valence-corrected chi connectivity index (χ2v) is 11.2. The third-order valence-electron chi connectivity index (χ3n) is 8.53. The van der Waals surface area contributed by atoms with Gasteiger partial charge in [-0.15, -0.1) is 0 Å². The molecule has 240 valence electrons. The molecule has 3 aromatic carbocycles. The molecule has 0 saturated heterocycles. The molecule has 0 amide bonds. The summed E-state index contributed by atoms with van der Waals surface area (Å²) in [6.45, 7) is 1.63. The van der Waals surface area contributed by atoms with E-state index in [1.54, 1.807) is 6.92 Å². The number of ether oxygens (including phenoxy) is 1. The van der Waals surface area contributed by atoms with Crippen LogP contribution in [0.5, 0.6) is 0 Å². The van der Waals surface area contributed by atoms with Crippen molar-refractivity contribution in [3.05, 3.63) is 117 Å². The number of fused-ring (bicyclic) bond motifs is 1. The van der Waals surface area contributed by atoms with Gasteiger partial charge in [0.1, 0.15) is 5.69 Å². The lowest BCUT2D eigenvalue weighted by Gasteiger charge is -2.42. The second-order valence-electron chi connectivity index (χ2n) is 11.2. The van der Waals surface area contributed by atoms with Crippen molar-refractivity contribution in [1.29, 1.82) is 0 Å². The number of H-pyrrole nitrogens is 1. The van der Waals surface area contributed by atoms with Gasteiger partial charge < -0.3 is 9.72 Å². The zero-order valence-corrected chi connectivity index (χ0v) is 23.9. The largest absolute Gasteiger partial charge is 0.461 e. The van der Waals surface area contributed by atoms with Crippen LogP contribution in [0.15, 0.2) is 72.8 Å². The Hall–Kier alpha value is -4.48. The first kappa shape index (κ1) is 31.5. The van der Waals surface area contributed by atoms with Crippen LogP contribution in [0, 0.1) is 0 Å². The van der Waals surface area contributed by atoms with Crippen molar-refractivity contribution in [3.8, 4) is 11.3 Å². The van der Waals surface area contributed by atoms with Gasteiger partial charge in [0.2, 0.25) is 0 Å². The third kappa shape index (κ3) is 5.47. The Labute approximate surface area is 256 Å². The predicted molar refractivity (Wildman–Crippen MR) is 152 cm³/mol. The lowest BCUT2D eigenvalue weighted by atomic mass is 9.61. The van der Waals surface area contributed by atoms with E-state index in [1.807, 2.05) is 0 Å². The normalized spacial score (nSPS) is 18.1. The first-order valence-corrected chi connectivity index (χ1v) is 14.3. The number of carbonyl (C=O) groups excluding carboxylic acids is 1. The lowest BCUT2D eigenvalue weighted by molar-refractivity contribution is -0.138. The van der Waals surface area contributed by atoms with Crippen LogP contribution in [0.1, 0.15) is 81.0 Å². The van der Waals surface area contributed by atoms with Crippen molar-refractivity contribution < 1.29 is 49.0 Å². The molecule has 0 fully saturated rings. The molecule has 0 saturated carbocycles. The number of aromatic amines is 1. The van der Waals surface area contributed by atoms with Crippen LogP contribution in [0.25, 0.3) is 22.4 Å². The van der Waals surface area contributed by atoms with Gasteiger partial charge in [-0.1, -0.05) is 36.4 Å². The quantitative estimate of drug-likeness (QED) is 0.173. The fraction of sp³-hybridized carbons (Fsp3) is 0.265. The van der Waals surface area contributed by atoms with Gasteiger partial charge in [-0.3, -0.25) is 0 Å². The molecule has 3 aliphatic rings. The van der Waals surface area contributed by atoms with Gasteiger partial charge in [0, 0.05) is 11.8 Å². The summed E-state index contributed by atoms with van der Waals surface area (Å²) in [7, 11) is 0. The number of benzene rings is 3. The highest BCUT2D eigenvalue weighted by Crippen LogP contribution is 2.61. The maximum atomic E-state index is 13.4. The summed E-state index contributed by atoms with van der Waals surface area (Å²) >= 11 is 0.